The van der Waals surface area contributed by atoms with Crippen molar-refractivity contribution in [2.45, 2.75) is 26.4 Å². The fraction of sp³-hybridized carbons (Fsp3) is 0.267. The van der Waals surface area contributed by atoms with Crippen molar-refractivity contribution in [2.75, 3.05) is 5.73 Å². The smallest absolute Gasteiger partial charge is 0.342 e. The molecule has 1 heterocycles. The predicted octanol–water partition coefficient (Wildman–Crippen LogP) is 5.26. The van der Waals surface area contributed by atoms with Gasteiger partial charge < -0.3 is 10.5 Å². The summed E-state index contributed by atoms with van der Waals surface area (Å²) in [5.74, 6) is -0.456. The Kier molecular flexibility index (Phi) is 4.51. The fourth-order valence-corrected chi connectivity index (χ4v) is 3.13. The Bertz CT molecular complexity index is 689. The largest absolute Gasteiger partial charge is 0.456 e. The van der Waals surface area contributed by atoms with Crippen LogP contribution in [0.4, 0.5) is 5.00 Å². The fourth-order valence-electron chi connectivity index (χ4n) is 1.82. The number of ether oxygens (including phenoxy) is 1. The van der Waals surface area contributed by atoms with Gasteiger partial charge in [0.25, 0.3) is 0 Å². The van der Waals surface area contributed by atoms with E-state index in [2.05, 4.69) is 0 Å². The first kappa shape index (κ1) is 16.1. The van der Waals surface area contributed by atoms with E-state index in [4.69, 9.17) is 33.7 Å². The summed E-state index contributed by atoms with van der Waals surface area (Å²) in [5.41, 5.74) is 7.05. The van der Waals surface area contributed by atoms with Crippen LogP contribution in [0.2, 0.25) is 10.0 Å². The highest BCUT2D eigenvalue weighted by Gasteiger charge is 2.25. The molecule has 0 saturated heterocycles. The van der Waals surface area contributed by atoms with Gasteiger partial charge in [0.1, 0.15) is 16.2 Å². The van der Waals surface area contributed by atoms with Crippen molar-refractivity contribution < 1.29 is 9.53 Å². The Hall–Kier alpha value is -1.23. The number of hydrogen-bond acceptors (Lipinski definition) is 4. The van der Waals surface area contributed by atoms with E-state index >= 15 is 0 Å². The molecule has 0 atom stereocenters. The molecule has 6 heteroatoms. The second kappa shape index (κ2) is 5.87. The second-order valence-electron chi connectivity index (χ2n) is 5.51. The van der Waals surface area contributed by atoms with Crippen LogP contribution in [-0.2, 0) is 4.74 Å². The molecule has 1 aromatic carbocycles. The van der Waals surface area contributed by atoms with Crippen LogP contribution < -0.4 is 5.73 Å². The third kappa shape index (κ3) is 3.70. The normalized spacial score (nSPS) is 11.5. The zero-order chi connectivity index (χ0) is 15.8. The van der Waals surface area contributed by atoms with E-state index in [0.29, 0.717) is 31.7 Å². The summed E-state index contributed by atoms with van der Waals surface area (Å²) in [6, 6.07) is 5.11. The van der Waals surface area contributed by atoms with Gasteiger partial charge in [-0.15, -0.1) is 11.3 Å². The Morgan fingerprint density at radius 3 is 2.48 bits per heavy atom. The molecule has 0 aliphatic heterocycles. The number of hydrogen-bond donors (Lipinski definition) is 1. The molecule has 0 aliphatic rings. The zero-order valence-corrected chi connectivity index (χ0v) is 14.2. The molecule has 0 aliphatic carbocycles. The summed E-state index contributed by atoms with van der Waals surface area (Å²) in [5, 5.41) is 3.20. The highest BCUT2D eigenvalue weighted by Crippen LogP contribution is 2.39. The minimum atomic E-state index is -0.591. The standard InChI is InChI=1S/C15H15Cl2NO2S/c1-15(2,3)20-14(19)12-10(7-21-13(12)18)9-5-4-8(16)6-11(9)17/h4-7H,18H2,1-3H3. The van der Waals surface area contributed by atoms with Crippen LogP contribution in [0.1, 0.15) is 31.1 Å². The number of esters is 1. The molecule has 0 bridgehead atoms. The van der Waals surface area contributed by atoms with Crippen molar-refractivity contribution in [3.8, 4) is 11.1 Å². The zero-order valence-electron chi connectivity index (χ0n) is 11.9. The number of anilines is 1. The van der Waals surface area contributed by atoms with Crippen molar-refractivity contribution in [1.29, 1.82) is 0 Å². The Morgan fingerprint density at radius 1 is 1.24 bits per heavy atom. The van der Waals surface area contributed by atoms with Crippen LogP contribution in [0.3, 0.4) is 0 Å². The second-order valence-corrected chi connectivity index (χ2v) is 7.27. The van der Waals surface area contributed by atoms with E-state index in [0.717, 1.165) is 0 Å². The Morgan fingerprint density at radius 2 is 1.90 bits per heavy atom. The average Bonchev–Trinajstić information content (AvgIpc) is 2.68. The molecule has 21 heavy (non-hydrogen) atoms. The van der Waals surface area contributed by atoms with Crippen LogP contribution in [0, 0.1) is 0 Å². The van der Waals surface area contributed by atoms with Gasteiger partial charge in [-0.2, -0.15) is 0 Å². The number of carbonyl (C=O) groups excluding carboxylic acids is 1. The topological polar surface area (TPSA) is 52.3 Å². The lowest BCUT2D eigenvalue weighted by atomic mass is 10.0. The highest BCUT2D eigenvalue weighted by atomic mass is 35.5. The van der Waals surface area contributed by atoms with Crippen LogP contribution in [0.15, 0.2) is 23.6 Å². The first-order chi connectivity index (χ1) is 9.69. The molecule has 1 aromatic heterocycles. The summed E-state index contributed by atoms with van der Waals surface area (Å²) >= 11 is 13.4. The van der Waals surface area contributed by atoms with E-state index in [1.54, 1.807) is 23.6 Å². The summed E-state index contributed by atoms with van der Waals surface area (Å²) in [4.78, 5) is 12.3. The van der Waals surface area contributed by atoms with E-state index in [1.165, 1.54) is 11.3 Å². The molecule has 2 rings (SSSR count). The molecule has 2 aromatic rings. The molecule has 3 nitrogen and oxygen atoms in total. The Labute approximate surface area is 137 Å². The quantitative estimate of drug-likeness (QED) is 0.756. The molecular weight excluding hydrogens is 329 g/mol. The minimum absolute atomic E-state index is 0.346. The SMILES string of the molecule is CC(C)(C)OC(=O)c1c(-c2ccc(Cl)cc2Cl)csc1N. The first-order valence-electron chi connectivity index (χ1n) is 6.25. The molecule has 2 N–H and O–H groups in total. The number of halogens is 2. The number of nitrogen functional groups attached to an aromatic ring is 1. The summed E-state index contributed by atoms with van der Waals surface area (Å²) < 4.78 is 5.41. The van der Waals surface area contributed by atoms with Gasteiger partial charge in [-0.1, -0.05) is 29.3 Å². The van der Waals surface area contributed by atoms with Crippen molar-refractivity contribution in [1.82, 2.24) is 0 Å². The number of rotatable bonds is 2. The number of benzene rings is 1. The molecule has 0 spiro atoms. The monoisotopic (exact) mass is 343 g/mol. The number of thiophene rings is 1. The number of carbonyl (C=O) groups is 1. The molecular formula is C15H15Cl2NO2S. The van der Waals surface area contributed by atoms with Crippen molar-refractivity contribution in [2.24, 2.45) is 0 Å². The lowest BCUT2D eigenvalue weighted by Gasteiger charge is -2.20. The summed E-state index contributed by atoms with van der Waals surface area (Å²) in [7, 11) is 0. The molecule has 0 radical (unpaired) electrons. The molecule has 0 fully saturated rings. The van der Waals surface area contributed by atoms with E-state index < -0.39 is 11.6 Å². The average molecular weight is 344 g/mol. The van der Waals surface area contributed by atoms with Gasteiger partial charge in [-0.05, 0) is 32.9 Å². The summed E-state index contributed by atoms with van der Waals surface area (Å²) in [6.45, 7) is 5.42. The maximum absolute atomic E-state index is 12.3. The van der Waals surface area contributed by atoms with Crippen LogP contribution in [-0.4, -0.2) is 11.6 Å². The van der Waals surface area contributed by atoms with Crippen LogP contribution in [0.5, 0.6) is 0 Å². The van der Waals surface area contributed by atoms with Crippen molar-refractivity contribution in [3.05, 3.63) is 39.2 Å². The molecule has 0 amide bonds. The van der Waals surface area contributed by atoms with Gasteiger partial charge >= 0.3 is 5.97 Å². The van der Waals surface area contributed by atoms with Crippen molar-refractivity contribution in [3.63, 3.8) is 0 Å². The van der Waals surface area contributed by atoms with Crippen LogP contribution >= 0.6 is 34.5 Å². The Balaban J connectivity index is 2.50. The third-order valence-corrected chi connectivity index (χ3v) is 4.00. The van der Waals surface area contributed by atoms with Gasteiger partial charge in [-0.3, -0.25) is 0 Å². The molecule has 0 saturated carbocycles. The molecule has 112 valence electrons. The number of nitrogens with two attached hydrogens (primary N) is 1. The van der Waals surface area contributed by atoms with Gasteiger partial charge in [0.2, 0.25) is 0 Å². The van der Waals surface area contributed by atoms with Gasteiger partial charge in [0.15, 0.2) is 0 Å². The highest BCUT2D eigenvalue weighted by molar-refractivity contribution is 7.15. The summed E-state index contributed by atoms with van der Waals surface area (Å²) in [6.07, 6.45) is 0. The minimum Gasteiger partial charge on any atom is -0.456 e. The third-order valence-electron chi connectivity index (χ3n) is 2.64. The maximum atomic E-state index is 12.3. The first-order valence-corrected chi connectivity index (χ1v) is 7.88. The van der Waals surface area contributed by atoms with Crippen molar-refractivity contribution >= 4 is 45.5 Å². The lowest BCUT2D eigenvalue weighted by Crippen LogP contribution is -2.24. The molecule has 0 unspecified atom stereocenters. The maximum Gasteiger partial charge on any atom is 0.342 e. The lowest BCUT2D eigenvalue weighted by molar-refractivity contribution is 0.00722. The van der Waals surface area contributed by atoms with Gasteiger partial charge in [-0.25, -0.2) is 4.79 Å². The van der Waals surface area contributed by atoms with Crippen LogP contribution in [0.25, 0.3) is 11.1 Å². The van der Waals surface area contributed by atoms with E-state index in [-0.39, 0.29) is 0 Å². The van der Waals surface area contributed by atoms with Gasteiger partial charge in [0.05, 0.1) is 0 Å². The van der Waals surface area contributed by atoms with Gasteiger partial charge in [0, 0.05) is 26.6 Å². The van der Waals surface area contributed by atoms with E-state index in [9.17, 15) is 4.79 Å². The predicted molar refractivity (Wildman–Crippen MR) is 89.4 cm³/mol. The van der Waals surface area contributed by atoms with E-state index in [1.807, 2.05) is 20.8 Å².